The molecule has 0 aliphatic rings. The molecule has 1 amide bonds. The van der Waals surface area contributed by atoms with E-state index in [-0.39, 0.29) is 5.91 Å². The molecular weight excluding hydrogens is 301 g/mol. The summed E-state index contributed by atoms with van der Waals surface area (Å²) in [7, 11) is 0. The molecule has 0 fully saturated rings. The quantitative estimate of drug-likeness (QED) is 0.518. The lowest BCUT2D eigenvalue weighted by Crippen LogP contribution is -2.24. The van der Waals surface area contributed by atoms with E-state index in [0.717, 1.165) is 3.57 Å². The second kappa shape index (κ2) is 6.46. The Kier molecular flexibility index (Phi) is 5.19. The molecule has 0 saturated carbocycles. The zero-order chi connectivity index (χ0) is 11.1. The van der Waals surface area contributed by atoms with Gasteiger partial charge in [-0.25, -0.2) is 0 Å². The second-order valence-corrected chi connectivity index (χ2v) is 4.19. The molecule has 0 radical (unpaired) electrons. The normalized spacial score (nSPS) is 8.93. The standard InChI is InChI=1S/C12H12INO/c1-2-3-4-8-14-12(15)10-6-5-7-11(13)9-10/h5-7,9H,4,8H2,1H3,(H,14,15). The predicted molar refractivity (Wildman–Crippen MR) is 69.6 cm³/mol. The molecular formula is C12H12INO. The molecule has 0 heterocycles. The molecule has 3 heteroatoms. The Morgan fingerprint density at radius 3 is 3.00 bits per heavy atom. The molecule has 0 atom stereocenters. The van der Waals surface area contributed by atoms with E-state index in [1.807, 2.05) is 24.3 Å². The molecule has 1 aromatic carbocycles. The molecule has 2 nitrogen and oxygen atoms in total. The van der Waals surface area contributed by atoms with Crippen molar-refractivity contribution in [1.82, 2.24) is 5.32 Å². The number of halogens is 1. The van der Waals surface area contributed by atoms with E-state index in [1.54, 1.807) is 6.92 Å². The maximum atomic E-state index is 11.6. The molecule has 0 unspecified atom stereocenters. The van der Waals surface area contributed by atoms with Crippen molar-refractivity contribution in [1.29, 1.82) is 0 Å². The van der Waals surface area contributed by atoms with Gasteiger partial charge in [0.15, 0.2) is 0 Å². The van der Waals surface area contributed by atoms with E-state index in [0.29, 0.717) is 18.5 Å². The van der Waals surface area contributed by atoms with Gasteiger partial charge in [-0.15, -0.1) is 11.8 Å². The van der Waals surface area contributed by atoms with Gasteiger partial charge < -0.3 is 5.32 Å². The van der Waals surface area contributed by atoms with Crippen LogP contribution in [0.4, 0.5) is 0 Å². The van der Waals surface area contributed by atoms with Gasteiger partial charge in [-0.3, -0.25) is 4.79 Å². The van der Waals surface area contributed by atoms with Crippen LogP contribution in [0.2, 0.25) is 0 Å². The van der Waals surface area contributed by atoms with E-state index in [2.05, 4.69) is 39.7 Å². The Morgan fingerprint density at radius 1 is 1.53 bits per heavy atom. The van der Waals surface area contributed by atoms with Crippen LogP contribution in [-0.4, -0.2) is 12.5 Å². The van der Waals surface area contributed by atoms with Crippen LogP contribution in [0.1, 0.15) is 23.7 Å². The summed E-state index contributed by atoms with van der Waals surface area (Å²) in [4.78, 5) is 11.6. The fourth-order valence-electron chi connectivity index (χ4n) is 1.10. The van der Waals surface area contributed by atoms with E-state index < -0.39 is 0 Å². The largest absolute Gasteiger partial charge is 0.351 e. The number of benzene rings is 1. The Balaban J connectivity index is 2.49. The van der Waals surface area contributed by atoms with Gasteiger partial charge in [0.2, 0.25) is 0 Å². The third-order valence-electron chi connectivity index (χ3n) is 1.80. The maximum absolute atomic E-state index is 11.6. The molecule has 0 saturated heterocycles. The average molecular weight is 313 g/mol. The topological polar surface area (TPSA) is 29.1 Å². The number of carbonyl (C=O) groups is 1. The average Bonchev–Trinajstić information content (AvgIpc) is 2.24. The Morgan fingerprint density at radius 2 is 2.33 bits per heavy atom. The maximum Gasteiger partial charge on any atom is 0.251 e. The minimum Gasteiger partial charge on any atom is -0.351 e. The lowest BCUT2D eigenvalue weighted by atomic mass is 10.2. The highest BCUT2D eigenvalue weighted by Crippen LogP contribution is 2.07. The second-order valence-electron chi connectivity index (χ2n) is 2.94. The number of carbonyl (C=O) groups excluding carboxylic acids is 1. The van der Waals surface area contributed by atoms with Gasteiger partial charge in [-0.2, -0.15) is 0 Å². The number of nitrogens with one attached hydrogen (secondary N) is 1. The molecule has 0 aromatic heterocycles. The summed E-state index contributed by atoms with van der Waals surface area (Å²) >= 11 is 2.19. The summed E-state index contributed by atoms with van der Waals surface area (Å²) < 4.78 is 1.06. The summed E-state index contributed by atoms with van der Waals surface area (Å²) in [5, 5.41) is 2.82. The van der Waals surface area contributed by atoms with Gasteiger partial charge >= 0.3 is 0 Å². The Bertz CT molecular complexity index is 404. The summed E-state index contributed by atoms with van der Waals surface area (Å²) in [5.41, 5.74) is 0.700. The van der Waals surface area contributed by atoms with Crippen molar-refractivity contribution in [2.75, 3.05) is 6.54 Å². The first-order chi connectivity index (χ1) is 7.24. The van der Waals surface area contributed by atoms with Crippen LogP contribution in [0, 0.1) is 15.4 Å². The number of hydrogen-bond donors (Lipinski definition) is 1. The van der Waals surface area contributed by atoms with E-state index in [1.165, 1.54) is 0 Å². The molecule has 15 heavy (non-hydrogen) atoms. The highest BCUT2D eigenvalue weighted by atomic mass is 127. The van der Waals surface area contributed by atoms with Crippen molar-refractivity contribution in [2.45, 2.75) is 13.3 Å². The summed E-state index contributed by atoms with van der Waals surface area (Å²) in [6, 6.07) is 7.51. The summed E-state index contributed by atoms with van der Waals surface area (Å²) in [6.45, 7) is 2.40. The summed E-state index contributed by atoms with van der Waals surface area (Å²) in [5.74, 6) is 5.65. The van der Waals surface area contributed by atoms with Gasteiger partial charge in [-0.1, -0.05) is 6.07 Å². The third-order valence-corrected chi connectivity index (χ3v) is 2.47. The molecule has 1 N–H and O–H groups in total. The van der Waals surface area contributed by atoms with Gasteiger partial charge in [0.05, 0.1) is 0 Å². The van der Waals surface area contributed by atoms with Gasteiger partial charge in [0.1, 0.15) is 0 Å². The minimum absolute atomic E-state index is 0.0357. The molecule has 0 aliphatic heterocycles. The van der Waals surface area contributed by atoms with Crippen molar-refractivity contribution in [3.8, 4) is 11.8 Å². The highest BCUT2D eigenvalue weighted by molar-refractivity contribution is 14.1. The van der Waals surface area contributed by atoms with Crippen LogP contribution >= 0.6 is 22.6 Å². The van der Waals surface area contributed by atoms with Crippen LogP contribution in [-0.2, 0) is 0 Å². The molecule has 0 bridgehead atoms. The summed E-state index contributed by atoms with van der Waals surface area (Å²) in [6.07, 6.45) is 0.701. The first-order valence-corrected chi connectivity index (χ1v) is 5.75. The zero-order valence-corrected chi connectivity index (χ0v) is 10.7. The predicted octanol–water partition coefficient (Wildman–Crippen LogP) is 2.43. The van der Waals surface area contributed by atoms with Crippen LogP contribution < -0.4 is 5.32 Å². The van der Waals surface area contributed by atoms with E-state index in [9.17, 15) is 4.79 Å². The Labute approximate surface area is 104 Å². The highest BCUT2D eigenvalue weighted by Gasteiger charge is 2.03. The molecule has 78 valence electrons. The van der Waals surface area contributed by atoms with Crippen molar-refractivity contribution in [3.63, 3.8) is 0 Å². The van der Waals surface area contributed by atoms with E-state index in [4.69, 9.17) is 0 Å². The van der Waals surface area contributed by atoms with Gasteiger partial charge in [0.25, 0.3) is 5.91 Å². The van der Waals surface area contributed by atoms with Gasteiger partial charge in [0, 0.05) is 22.1 Å². The number of amides is 1. The number of rotatable bonds is 3. The van der Waals surface area contributed by atoms with Crippen molar-refractivity contribution >= 4 is 28.5 Å². The number of hydrogen-bond acceptors (Lipinski definition) is 1. The van der Waals surface area contributed by atoms with Crippen LogP contribution in [0.5, 0.6) is 0 Å². The van der Waals surface area contributed by atoms with Crippen molar-refractivity contribution < 1.29 is 4.79 Å². The first-order valence-electron chi connectivity index (χ1n) is 4.67. The lowest BCUT2D eigenvalue weighted by Gasteiger charge is -2.02. The minimum atomic E-state index is -0.0357. The molecule has 0 aliphatic carbocycles. The monoisotopic (exact) mass is 313 g/mol. The zero-order valence-electron chi connectivity index (χ0n) is 8.51. The Hall–Kier alpha value is -1.02. The molecule has 1 aromatic rings. The fraction of sp³-hybridized carbons (Fsp3) is 0.250. The first kappa shape index (κ1) is 12.1. The third kappa shape index (κ3) is 4.34. The van der Waals surface area contributed by atoms with Gasteiger partial charge in [-0.05, 0) is 47.7 Å². The van der Waals surface area contributed by atoms with Crippen molar-refractivity contribution in [3.05, 3.63) is 33.4 Å². The van der Waals surface area contributed by atoms with Crippen LogP contribution in [0.25, 0.3) is 0 Å². The smallest absolute Gasteiger partial charge is 0.251 e. The van der Waals surface area contributed by atoms with Crippen molar-refractivity contribution in [2.24, 2.45) is 0 Å². The SMILES string of the molecule is CC#CCCNC(=O)c1cccc(I)c1. The molecule has 1 rings (SSSR count). The fourth-order valence-corrected chi connectivity index (χ4v) is 1.64. The van der Waals surface area contributed by atoms with Crippen LogP contribution in [0.15, 0.2) is 24.3 Å². The molecule has 0 spiro atoms. The van der Waals surface area contributed by atoms with Crippen LogP contribution in [0.3, 0.4) is 0 Å². The lowest BCUT2D eigenvalue weighted by molar-refractivity contribution is 0.0954. The van der Waals surface area contributed by atoms with E-state index >= 15 is 0 Å².